The topological polar surface area (TPSA) is 21.3 Å². The summed E-state index contributed by atoms with van der Waals surface area (Å²) in [6.45, 7) is 8.33. The summed E-state index contributed by atoms with van der Waals surface area (Å²) < 4.78 is 5.84. The Kier molecular flexibility index (Phi) is 6.55. The predicted octanol–water partition coefficient (Wildman–Crippen LogP) is 3.79. The number of hydrogen-bond donors (Lipinski definition) is 1. The molecule has 0 aromatic heterocycles. The summed E-state index contributed by atoms with van der Waals surface area (Å²) in [7, 11) is 0. The molecule has 0 spiro atoms. The molecule has 0 bridgehead atoms. The van der Waals surface area contributed by atoms with Crippen LogP contribution in [-0.4, -0.2) is 19.7 Å². The molecular weight excluding hydrogens is 246 g/mol. The lowest BCUT2D eigenvalue weighted by Crippen LogP contribution is -2.22. The van der Waals surface area contributed by atoms with Crippen molar-refractivity contribution in [2.24, 2.45) is 11.8 Å². The first-order valence-electron chi connectivity index (χ1n) is 8.11. The van der Waals surface area contributed by atoms with Crippen molar-refractivity contribution >= 4 is 0 Å². The Balaban J connectivity index is 1.69. The van der Waals surface area contributed by atoms with E-state index in [0.29, 0.717) is 0 Å². The molecule has 0 aliphatic heterocycles. The first-order valence-corrected chi connectivity index (χ1v) is 8.11. The second-order valence-corrected chi connectivity index (χ2v) is 6.40. The smallest absolute Gasteiger partial charge is 0.0719 e. The van der Waals surface area contributed by atoms with Crippen LogP contribution in [0.25, 0.3) is 0 Å². The molecule has 1 aromatic carbocycles. The largest absolute Gasteiger partial charge is 0.377 e. The van der Waals surface area contributed by atoms with Gasteiger partial charge in [-0.25, -0.2) is 0 Å². The van der Waals surface area contributed by atoms with E-state index < -0.39 is 0 Å². The molecule has 0 radical (unpaired) electrons. The van der Waals surface area contributed by atoms with Gasteiger partial charge in [-0.15, -0.1) is 0 Å². The summed E-state index contributed by atoms with van der Waals surface area (Å²) in [5, 5.41) is 3.51. The highest BCUT2D eigenvalue weighted by atomic mass is 16.5. The van der Waals surface area contributed by atoms with Crippen molar-refractivity contribution in [1.82, 2.24) is 5.32 Å². The zero-order chi connectivity index (χ0) is 14.2. The summed E-state index contributed by atoms with van der Waals surface area (Å²) in [6, 6.07) is 8.68. The molecule has 112 valence electrons. The van der Waals surface area contributed by atoms with Crippen molar-refractivity contribution in [1.29, 1.82) is 0 Å². The molecule has 20 heavy (non-hydrogen) atoms. The van der Waals surface area contributed by atoms with Crippen molar-refractivity contribution in [3.8, 4) is 0 Å². The Morgan fingerprint density at radius 2 is 1.95 bits per heavy atom. The fourth-order valence-corrected chi connectivity index (χ4v) is 2.39. The monoisotopic (exact) mass is 275 g/mol. The van der Waals surface area contributed by atoms with E-state index in [1.54, 1.807) is 0 Å². The first kappa shape index (κ1) is 15.5. The van der Waals surface area contributed by atoms with Gasteiger partial charge in [0.05, 0.1) is 6.61 Å². The molecule has 0 saturated heterocycles. The van der Waals surface area contributed by atoms with Gasteiger partial charge >= 0.3 is 0 Å². The van der Waals surface area contributed by atoms with E-state index in [2.05, 4.69) is 43.4 Å². The molecule has 1 saturated carbocycles. The third-order valence-corrected chi connectivity index (χ3v) is 3.87. The zero-order valence-electron chi connectivity index (χ0n) is 13.0. The quantitative estimate of drug-likeness (QED) is 0.656. The second kappa shape index (κ2) is 8.43. The van der Waals surface area contributed by atoms with Gasteiger partial charge in [0.2, 0.25) is 0 Å². The summed E-state index contributed by atoms with van der Waals surface area (Å²) in [5.74, 6) is 1.68. The fourth-order valence-electron chi connectivity index (χ4n) is 2.39. The van der Waals surface area contributed by atoms with Crippen LogP contribution in [0.1, 0.15) is 44.2 Å². The molecule has 2 heteroatoms. The van der Waals surface area contributed by atoms with Gasteiger partial charge in [-0.1, -0.05) is 51.0 Å². The molecule has 1 aromatic rings. The van der Waals surface area contributed by atoms with E-state index in [0.717, 1.165) is 44.6 Å². The van der Waals surface area contributed by atoms with Crippen LogP contribution in [0.2, 0.25) is 0 Å². The average molecular weight is 275 g/mol. The van der Waals surface area contributed by atoms with Crippen LogP contribution in [0, 0.1) is 11.8 Å². The van der Waals surface area contributed by atoms with Crippen LogP contribution in [0.3, 0.4) is 0 Å². The predicted molar refractivity (Wildman–Crippen MR) is 84.9 cm³/mol. The Labute approximate surface area is 123 Å². The summed E-state index contributed by atoms with van der Waals surface area (Å²) in [6.07, 6.45) is 5.18. The molecule has 2 rings (SSSR count). The maximum absolute atomic E-state index is 5.84. The number of nitrogens with one attached hydrogen (secondary N) is 1. The maximum Gasteiger partial charge on any atom is 0.0719 e. The van der Waals surface area contributed by atoms with Gasteiger partial charge in [-0.2, -0.15) is 0 Å². The highest BCUT2D eigenvalue weighted by Crippen LogP contribution is 2.32. The van der Waals surface area contributed by atoms with Crippen LogP contribution >= 0.6 is 0 Å². The Morgan fingerprint density at radius 1 is 1.20 bits per heavy atom. The van der Waals surface area contributed by atoms with Crippen molar-refractivity contribution in [3.05, 3.63) is 35.4 Å². The number of benzene rings is 1. The number of ether oxygens (including phenoxy) is 1. The van der Waals surface area contributed by atoms with Crippen molar-refractivity contribution in [2.45, 2.75) is 46.1 Å². The Hall–Kier alpha value is -0.860. The minimum atomic E-state index is 0.719. The van der Waals surface area contributed by atoms with Crippen molar-refractivity contribution < 1.29 is 4.74 Å². The minimum absolute atomic E-state index is 0.719. The van der Waals surface area contributed by atoms with Gasteiger partial charge in [-0.3, -0.25) is 0 Å². The molecule has 0 amide bonds. The Bertz CT molecular complexity index is 356. The van der Waals surface area contributed by atoms with E-state index in [9.17, 15) is 0 Å². The molecule has 0 unspecified atom stereocenters. The maximum atomic E-state index is 5.84. The fraction of sp³-hybridized carbons (Fsp3) is 0.667. The lowest BCUT2D eigenvalue weighted by atomic mass is 10.1. The molecular formula is C18H29NO. The van der Waals surface area contributed by atoms with Crippen LogP contribution in [0.5, 0.6) is 0 Å². The van der Waals surface area contributed by atoms with Gasteiger partial charge in [0.15, 0.2) is 0 Å². The van der Waals surface area contributed by atoms with E-state index >= 15 is 0 Å². The molecule has 0 atom stereocenters. The van der Waals surface area contributed by atoms with Gasteiger partial charge in [-0.05, 0) is 48.9 Å². The zero-order valence-corrected chi connectivity index (χ0v) is 13.0. The van der Waals surface area contributed by atoms with Gasteiger partial charge in [0.25, 0.3) is 0 Å². The highest BCUT2D eigenvalue weighted by Gasteiger charge is 2.20. The third-order valence-electron chi connectivity index (χ3n) is 3.87. The van der Waals surface area contributed by atoms with Crippen molar-refractivity contribution in [3.63, 3.8) is 0 Å². The summed E-state index contributed by atoms with van der Waals surface area (Å²) in [5.41, 5.74) is 2.78. The summed E-state index contributed by atoms with van der Waals surface area (Å²) >= 11 is 0. The normalized spacial score (nSPS) is 14.9. The lowest BCUT2D eigenvalue weighted by Gasteiger charge is -2.11. The molecule has 0 heterocycles. The Morgan fingerprint density at radius 3 is 2.65 bits per heavy atom. The van der Waals surface area contributed by atoms with Crippen LogP contribution in [0.4, 0.5) is 0 Å². The SMILES string of the molecule is CC(C)CNCCc1ccccc1COCCC1CC1. The standard InChI is InChI=1S/C18H29NO/c1-15(2)13-19-11-9-17-5-3-4-6-18(17)14-20-12-10-16-7-8-16/h3-6,15-16,19H,7-14H2,1-2H3. The van der Waals surface area contributed by atoms with Gasteiger partial charge in [0.1, 0.15) is 0 Å². The van der Waals surface area contributed by atoms with E-state index in [1.807, 2.05) is 0 Å². The summed E-state index contributed by atoms with van der Waals surface area (Å²) in [4.78, 5) is 0. The van der Waals surface area contributed by atoms with Crippen molar-refractivity contribution in [2.75, 3.05) is 19.7 Å². The number of rotatable bonds is 10. The highest BCUT2D eigenvalue weighted by molar-refractivity contribution is 5.26. The second-order valence-electron chi connectivity index (χ2n) is 6.40. The lowest BCUT2D eigenvalue weighted by molar-refractivity contribution is 0.114. The average Bonchev–Trinajstić information content (AvgIpc) is 3.25. The molecule has 2 nitrogen and oxygen atoms in total. The van der Waals surface area contributed by atoms with E-state index in [-0.39, 0.29) is 0 Å². The molecule has 1 fully saturated rings. The molecule has 1 aliphatic rings. The molecule has 1 N–H and O–H groups in total. The van der Waals surface area contributed by atoms with Crippen LogP contribution in [-0.2, 0) is 17.8 Å². The van der Waals surface area contributed by atoms with E-state index in [1.165, 1.54) is 30.4 Å². The number of hydrogen-bond acceptors (Lipinski definition) is 2. The van der Waals surface area contributed by atoms with Gasteiger partial charge < -0.3 is 10.1 Å². The van der Waals surface area contributed by atoms with Gasteiger partial charge in [0, 0.05) is 6.61 Å². The van der Waals surface area contributed by atoms with E-state index in [4.69, 9.17) is 4.74 Å². The molecule has 1 aliphatic carbocycles. The van der Waals surface area contributed by atoms with Crippen LogP contribution < -0.4 is 5.32 Å². The van der Waals surface area contributed by atoms with Crippen LogP contribution in [0.15, 0.2) is 24.3 Å². The first-order chi connectivity index (χ1) is 9.75. The minimum Gasteiger partial charge on any atom is -0.377 e. The third kappa shape index (κ3) is 6.06.